The number of carboxylic acids is 1. The molecule has 1 saturated heterocycles. The fraction of sp³-hybridized carbons (Fsp3) is 0.538. The number of primary amides is 1. The van der Waals surface area contributed by atoms with E-state index in [9.17, 15) is 33.9 Å². The third kappa shape index (κ3) is 9.06. The average molecular weight is 547 g/mol. The van der Waals surface area contributed by atoms with Crippen LogP contribution in [0.4, 0.5) is 0 Å². The number of nitrogens with two attached hydrogens (primary N) is 2. The lowest BCUT2D eigenvalue weighted by Gasteiger charge is -2.29. The average Bonchev–Trinajstić information content (AvgIpc) is 3.37. The highest BCUT2D eigenvalue weighted by Gasteiger charge is 2.38. The van der Waals surface area contributed by atoms with Crippen LogP contribution in [-0.2, 0) is 35.2 Å². The number of carbonyl (C=O) groups is 6. The number of hydrogen-bond donors (Lipinski definition) is 6. The maximum atomic E-state index is 13.0. The molecule has 1 aromatic rings. The molecule has 0 radical (unpaired) electrons. The Labute approximate surface area is 227 Å². The van der Waals surface area contributed by atoms with Crippen LogP contribution in [0.1, 0.15) is 45.6 Å². The van der Waals surface area contributed by atoms with Gasteiger partial charge in [0.05, 0.1) is 12.5 Å². The molecule has 0 saturated carbocycles. The van der Waals surface area contributed by atoms with E-state index in [0.717, 1.165) is 0 Å². The number of amides is 5. The van der Waals surface area contributed by atoms with Crippen molar-refractivity contribution in [3.05, 3.63) is 35.9 Å². The highest BCUT2D eigenvalue weighted by molar-refractivity contribution is 5.96. The van der Waals surface area contributed by atoms with Crippen molar-refractivity contribution in [2.75, 3.05) is 6.54 Å². The van der Waals surface area contributed by atoms with Crippen molar-refractivity contribution in [3.63, 3.8) is 0 Å². The van der Waals surface area contributed by atoms with Crippen molar-refractivity contribution in [1.29, 1.82) is 0 Å². The number of aliphatic carboxylic acids is 1. The fourth-order valence-corrected chi connectivity index (χ4v) is 4.18. The van der Waals surface area contributed by atoms with E-state index in [1.807, 2.05) is 13.8 Å². The number of benzene rings is 1. The summed E-state index contributed by atoms with van der Waals surface area (Å²) in [6.45, 7) is 5.44. The second-order valence-electron chi connectivity index (χ2n) is 10.0. The van der Waals surface area contributed by atoms with Crippen molar-refractivity contribution < 1.29 is 33.9 Å². The molecule has 0 bridgehead atoms. The smallest absolute Gasteiger partial charge is 0.326 e. The quantitative estimate of drug-likeness (QED) is 0.173. The standard InChI is InChI=1S/C26H38N6O7/c1-14(2)21(28)25(37)32-11-7-10-19(32)24(36)29-15(3)22(34)30-17(12-16-8-5-4-6-9-16)23(35)31-18(26(38)39)13-20(27)33/h4-6,8-9,14-15,17-19,21H,7,10-13,28H2,1-3H3,(H2,27,33)(H,29,36)(H,30,34)(H,31,35)(H,38,39)/t15-,17-,18-,19-,21-/m0/s1. The van der Waals surface area contributed by atoms with Gasteiger partial charge in [-0.2, -0.15) is 0 Å². The first-order chi connectivity index (χ1) is 18.3. The number of carboxylic acid groups (broad SMARTS) is 1. The van der Waals surface area contributed by atoms with Gasteiger partial charge in [0.25, 0.3) is 0 Å². The number of nitrogens with one attached hydrogen (secondary N) is 3. The van der Waals surface area contributed by atoms with Crippen LogP contribution >= 0.6 is 0 Å². The number of rotatable bonds is 13. The Morgan fingerprint density at radius 1 is 0.974 bits per heavy atom. The first-order valence-electron chi connectivity index (χ1n) is 12.8. The van der Waals surface area contributed by atoms with E-state index in [1.165, 1.54) is 11.8 Å². The number of carbonyl (C=O) groups excluding carboxylic acids is 5. The summed E-state index contributed by atoms with van der Waals surface area (Å²) in [6, 6.07) is 3.30. The highest BCUT2D eigenvalue weighted by atomic mass is 16.4. The molecule has 1 aromatic carbocycles. The molecule has 1 heterocycles. The van der Waals surface area contributed by atoms with E-state index in [4.69, 9.17) is 11.5 Å². The summed E-state index contributed by atoms with van der Waals surface area (Å²) < 4.78 is 0. The Bertz CT molecular complexity index is 1060. The summed E-state index contributed by atoms with van der Waals surface area (Å²) >= 11 is 0. The van der Waals surface area contributed by atoms with E-state index in [-0.39, 0.29) is 18.2 Å². The Balaban J connectivity index is 2.12. The Morgan fingerprint density at radius 3 is 2.15 bits per heavy atom. The molecule has 8 N–H and O–H groups in total. The van der Waals surface area contributed by atoms with Crippen LogP contribution < -0.4 is 27.4 Å². The molecule has 13 heteroatoms. The maximum Gasteiger partial charge on any atom is 0.326 e. The first kappa shape index (κ1) is 31.2. The second kappa shape index (κ2) is 14.2. The second-order valence-corrected chi connectivity index (χ2v) is 10.0. The zero-order valence-corrected chi connectivity index (χ0v) is 22.4. The topological polar surface area (TPSA) is 214 Å². The minimum absolute atomic E-state index is 0.0139. The third-order valence-electron chi connectivity index (χ3n) is 6.53. The molecule has 2 rings (SSSR count). The van der Waals surface area contributed by atoms with Crippen LogP contribution in [0.3, 0.4) is 0 Å². The van der Waals surface area contributed by atoms with Crippen LogP contribution in [0.15, 0.2) is 30.3 Å². The van der Waals surface area contributed by atoms with Crippen LogP contribution in [0.2, 0.25) is 0 Å². The van der Waals surface area contributed by atoms with E-state index in [1.54, 1.807) is 30.3 Å². The maximum absolute atomic E-state index is 13.0. The summed E-state index contributed by atoms with van der Waals surface area (Å²) in [5, 5.41) is 16.7. The first-order valence-corrected chi connectivity index (χ1v) is 12.8. The van der Waals surface area contributed by atoms with E-state index < -0.39 is 66.2 Å². The largest absolute Gasteiger partial charge is 0.480 e. The van der Waals surface area contributed by atoms with E-state index in [0.29, 0.717) is 24.9 Å². The molecule has 1 fully saturated rings. The number of likely N-dealkylation sites (tertiary alicyclic amines) is 1. The van der Waals surface area contributed by atoms with Crippen molar-refractivity contribution in [2.45, 2.75) is 76.7 Å². The molecular formula is C26H38N6O7. The summed E-state index contributed by atoms with van der Waals surface area (Å²) in [5.74, 6) is -4.87. The molecule has 1 aliphatic rings. The Morgan fingerprint density at radius 2 is 1.59 bits per heavy atom. The monoisotopic (exact) mass is 546 g/mol. The summed E-state index contributed by atoms with van der Waals surface area (Å²) in [4.78, 5) is 75.9. The van der Waals surface area contributed by atoms with Crippen LogP contribution in [0, 0.1) is 5.92 Å². The third-order valence-corrected chi connectivity index (χ3v) is 6.53. The van der Waals surface area contributed by atoms with E-state index >= 15 is 0 Å². The molecular weight excluding hydrogens is 508 g/mol. The molecule has 13 nitrogen and oxygen atoms in total. The lowest BCUT2D eigenvalue weighted by molar-refractivity contribution is -0.143. The highest BCUT2D eigenvalue weighted by Crippen LogP contribution is 2.20. The zero-order valence-electron chi connectivity index (χ0n) is 22.4. The Kier molecular flexibility index (Phi) is 11.4. The summed E-state index contributed by atoms with van der Waals surface area (Å²) in [6.07, 6.45) is 0.424. The molecule has 0 aromatic heterocycles. The number of hydrogen-bond acceptors (Lipinski definition) is 7. The lowest BCUT2D eigenvalue weighted by atomic mass is 10.0. The van der Waals surface area contributed by atoms with Gasteiger partial charge >= 0.3 is 5.97 Å². The fourth-order valence-electron chi connectivity index (χ4n) is 4.18. The zero-order chi connectivity index (χ0) is 29.3. The van der Waals surface area contributed by atoms with E-state index in [2.05, 4.69) is 16.0 Å². The molecule has 5 atom stereocenters. The van der Waals surface area contributed by atoms with Crippen molar-refractivity contribution in [2.24, 2.45) is 17.4 Å². The lowest BCUT2D eigenvalue weighted by Crippen LogP contribution is -2.58. The predicted octanol–water partition coefficient (Wildman–Crippen LogP) is -1.36. The van der Waals surface area contributed by atoms with Gasteiger partial charge in [0.2, 0.25) is 29.5 Å². The molecule has 0 spiro atoms. The van der Waals surface area contributed by atoms with Gasteiger partial charge in [0, 0.05) is 13.0 Å². The molecule has 0 aliphatic carbocycles. The normalized spacial score (nSPS) is 18.0. The van der Waals surface area contributed by atoms with Crippen LogP contribution in [-0.4, -0.2) is 82.3 Å². The van der Waals surface area contributed by atoms with Crippen molar-refractivity contribution >= 4 is 35.5 Å². The van der Waals surface area contributed by atoms with Crippen LogP contribution in [0.25, 0.3) is 0 Å². The van der Waals surface area contributed by atoms with Crippen molar-refractivity contribution in [1.82, 2.24) is 20.9 Å². The van der Waals surface area contributed by atoms with Gasteiger partial charge in [-0.25, -0.2) is 4.79 Å². The minimum atomic E-state index is -1.58. The van der Waals surface area contributed by atoms with Gasteiger partial charge in [-0.3, -0.25) is 24.0 Å². The predicted molar refractivity (Wildman–Crippen MR) is 141 cm³/mol. The number of nitrogens with zero attached hydrogens (tertiary/aromatic N) is 1. The molecule has 39 heavy (non-hydrogen) atoms. The minimum Gasteiger partial charge on any atom is -0.480 e. The van der Waals surface area contributed by atoms with Gasteiger partial charge in [-0.05, 0) is 31.2 Å². The van der Waals surface area contributed by atoms with Gasteiger partial charge in [-0.1, -0.05) is 44.2 Å². The van der Waals surface area contributed by atoms with Gasteiger partial charge in [0.15, 0.2) is 0 Å². The molecule has 0 unspecified atom stereocenters. The molecule has 1 aliphatic heterocycles. The molecule has 5 amide bonds. The van der Waals surface area contributed by atoms with Gasteiger partial charge in [-0.15, -0.1) is 0 Å². The van der Waals surface area contributed by atoms with Crippen molar-refractivity contribution in [3.8, 4) is 0 Å². The SMILES string of the molecule is CC(C)[C@H](N)C(=O)N1CCC[C@H]1C(=O)N[C@@H](C)C(=O)N[C@@H](Cc1ccccc1)C(=O)N[C@@H](CC(N)=O)C(=O)O. The molecule has 214 valence electrons. The Hall–Kier alpha value is -4.00. The summed E-state index contributed by atoms with van der Waals surface area (Å²) in [7, 11) is 0. The van der Waals surface area contributed by atoms with Gasteiger partial charge in [0.1, 0.15) is 24.2 Å². The summed E-state index contributed by atoms with van der Waals surface area (Å²) in [5.41, 5.74) is 11.8. The van der Waals surface area contributed by atoms with Crippen LogP contribution in [0.5, 0.6) is 0 Å². The van der Waals surface area contributed by atoms with Gasteiger partial charge < -0.3 is 37.4 Å².